The van der Waals surface area contributed by atoms with Gasteiger partial charge >= 0.3 is 5.97 Å². The largest absolute Gasteiger partial charge is 0.460 e. The van der Waals surface area contributed by atoms with Gasteiger partial charge in [-0.25, -0.2) is 19.7 Å². The molecule has 6 nitrogen and oxygen atoms in total. The summed E-state index contributed by atoms with van der Waals surface area (Å²) in [5.74, 6) is -0.359. The summed E-state index contributed by atoms with van der Waals surface area (Å²) in [5, 5.41) is 0.135. The molecule has 0 aliphatic rings. The van der Waals surface area contributed by atoms with E-state index in [-0.39, 0.29) is 11.1 Å². The van der Waals surface area contributed by atoms with Crippen LogP contribution in [0.3, 0.4) is 0 Å². The third-order valence-corrected chi connectivity index (χ3v) is 2.41. The molecule has 0 amide bonds. The highest BCUT2D eigenvalue weighted by Gasteiger charge is 2.14. The first-order valence-electron chi connectivity index (χ1n) is 5.34. The number of rotatable bonds is 3. The number of hydrogen-bond acceptors (Lipinski definition) is 5. The van der Waals surface area contributed by atoms with Gasteiger partial charge in [0.1, 0.15) is 5.69 Å². The van der Waals surface area contributed by atoms with Gasteiger partial charge in [0.15, 0.2) is 0 Å². The Kier molecular flexibility index (Phi) is 3.57. The number of hydrogen-bond donors (Lipinski definition) is 1. The number of aromatic amines is 1. The van der Waals surface area contributed by atoms with Gasteiger partial charge in [0, 0.05) is 12.4 Å². The molecule has 1 N–H and O–H groups in total. The van der Waals surface area contributed by atoms with Crippen molar-refractivity contribution in [3.8, 4) is 11.4 Å². The summed E-state index contributed by atoms with van der Waals surface area (Å²) in [7, 11) is 0. The Hall–Kier alpha value is -1.95. The maximum absolute atomic E-state index is 11.5. The molecule has 0 radical (unpaired) electrons. The third-order valence-electron chi connectivity index (χ3n) is 2.23. The maximum atomic E-state index is 11.5. The number of nitrogens with zero attached hydrogens (tertiary/aromatic N) is 3. The predicted molar refractivity (Wildman–Crippen MR) is 65.3 cm³/mol. The van der Waals surface area contributed by atoms with Crippen LogP contribution in [0.2, 0.25) is 5.28 Å². The van der Waals surface area contributed by atoms with Crippen LogP contribution in [-0.2, 0) is 4.74 Å². The van der Waals surface area contributed by atoms with Crippen LogP contribution < -0.4 is 0 Å². The molecule has 0 aliphatic heterocycles. The number of aryl methyl sites for hydroxylation is 1. The molecule has 0 aromatic carbocycles. The number of imidazole rings is 1. The fraction of sp³-hybridized carbons (Fsp3) is 0.273. The van der Waals surface area contributed by atoms with Gasteiger partial charge in [-0.1, -0.05) is 0 Å². The molecule has 0 atom stereocenters. The fourth-order valence-corrected chi connectivity index (χ4v) is 1.56. The van der Waals surface area contributed by atoms with E-state index in [9.17, 15) is 4.79 Å². The van der Waals surface area contributed by atoms with Crippen molar-refractivity contribution in [2.45, 2.75) is 13.8 Å². The number of esters is 1. The van der Waals surface area contributed by atoms with Gasteiger partial charge in [-0.2, -0.15) is 0 Å². The van der Waals surface area contributed by atoms with E-state index < -0.39 is 5.97 Å². The predicted octanol–water partition coefficient (Wildman–Crippen LogP) is 2.01. The van der Waals surface area contributed by atoms with E-state index >= 15 is 0 Å². The minimum absolute atomic E-state index is 0.135. The Morgan fingerprint density at radius 3 is 3.00 bits per heavy atom. The zero-order valence-corrected chi connectivity index (χ0v) is 10.7. The van der Waals surface area contributed by atoms with Gasteiger partial charge in [0.25, 0.3) is 0 Å². The number of carbonyl (C=O) groups excluding carboxylic acids is 1. The van der Waals surface area contributed by atoms with E-state index in [0.717, 1.165) is 5.56 Å². The molecule has 0 fully saturated rings. The summed E-state index contributed by atoms with van der Waals surface area (Å²) < 4.78 is 4.84. The topological polar surface area (TPSA) is 80.8 Å². The first-order chi connectivity index (χ1) is 8.61. The Morgan fingerprint density at radius 2 is 2.28 bits per heavy atom. The van der Waals surface area contributed by atoms with Gasteiger partial charge in [-0.05, 0) is 31.0 Å². The summed E-state index contributed by atoms with van der Waals surface area (Å²) in [5.41, 5.74) is 1.93. The van der Waals surface area contributed by atoms with E-state index in [4.69, 9.17) is 16.3 Å². The summed E-state index contributed by atoms with van der Waals surface area (Å²) in [4.78, 5) is 26.3. The van der Waals surface area contributed by atoms with Gasteiger partial charge in [0.2, 0.25) is 11.1 Å². The number of nitrogens with one attached hydrogen (secondary N) is 1. The van der Waals surface area contributed by atoms with Gasteiger partial charge in [-0.15, -0.1) is 0 Å². The monoisotopic (exact) mass is 266 g/mol. The zero-order chi connectivity index (χ0) is 13.1. The molecule has 7 heteroatoms. The first-order valence-corrected chi connectivity index (χ1v) is 5.71. The van der Waals surface area contributed by atoms with Crippen molar-refractivity contribution in [2.24, 2.45) is 0 Å². The summed E-state index contributed by atoms with van der Waals surface area (Å²) in [6, 6.07) is 0. The first kappa shape index (κ1) is 12.5. The molecule has 94 valence electrons. The molecular weight excluding hydrogens is 256 g/mol. The van der Waals surface area contributed by atoms with E-state index in [1.54, 1.807) is 19.3 Å². The Bertz CT molecular complexity index is 582. The van der Waals surface area contributed by atoms with Gasteiger partial charge in [-0.3, -0.25) is 0 Å². The molecule has 0 saturated heterocycles. The lowest BCUT2D eigenvalue weighted by atomic mass is 10.2. The molecule has 0 aliphatic carbocycles. The number of ether oxygens (including phenoxy) is 1. The van der Waals surface area contributed by atoms with Crippen molar-refractivity contribution in [3.63, 3.8) is 0 Å². The Morgan fingerprint density at radius 1 is 1.50 bits per heavy atom. The van der Waals surface area contributed by atoms with Crippen molar-refractivity contribution in [2.75, 3.05) is 6.61 Å². The van der Waals surface area contributed by atoms with E-state index in [1.807, 2.05) is 6.92 Å². The summed E-state index contributed by atoms with van der Waals surface area (Å²) >= 11 is 5.73. The van der Waals surface area contributed by atoms with Crippen molar-refractivity contribution in [3.05, 3.63) is 29.1 Å². The SMILES string of the molecule is CCOC(=O)c1nc(-c2nc(Cl)ncc2C)c[nH]1. The third kappa shape index (κ3) is 2.48. The lowest BCUT2D eigenvalue weighted by Gasteiger charge is -2.00. The molecule has 2 aromatic rings. The van der Waals surface area contributed by atoms with Crippen LogP contribution in [0.1, 0.15) is 23.1 Å². The van der Waals surface area contributed by atoms with Crippen LogP contribution in [0, 0.1) is 6.92 Å². The minimum atomic E-state index is -0.499. The number of aromatic nitrogens is 4. The van der Waals surface area contributed by atoms with Gasteiger partial charge < -0.3 is 9.72 Å². The Balaban J connectivity index is 2.35. The number of H-pyrrole nitrogens is 1. The highest BCUT2D eigenvalue weighted by Crippen LogP contribution is 2.19. The Labute approximate surface area is 108 Å². The standard InChI is InChI=1S/C11H11ClN4O2/c1-3-18-10(17)9-13-5-7(15-9)8-6(2)4-14-11(12)16-8/h4-5H,3H2,1-2H3,(H,13,15). The quantitative estimate of drug-likeness (QED) is 0.679. The second-order valence-electron chi connectivity index (χ2n) is 3.53. The molecule has 2 rings (SSSR count). The smallest absolute Gasteiger partial charge is 0.374 e. The van der Waals surface area contributed by atoms with Gasteiger partial charge in [0.05, 0.1) is 12.3 Å². The van der Waals surface area contributed by atoms with Crippen LogP contribution in [-0.4, -0.2) is 32.5 Å². The molecule has 0 spiro atoms. The highest BCUT2D eigenvalue weighted by atomic mass is 35.5. The molecule has 2 aromatic heterocycles. The number of carbonyl (C=O) groups is 1. The van der Waals surface area contributed by atoms with Crippen molar-refractivity contribution < 1.29 is 9.53 Å². The lowest BCUT2D eigenvalue weighted by Crippen LogP contribution is -2.06. The minimum Gasteiger partial charge on any atom is -0.460 e. The van der Waals surface area contributed by atoms with Crippen molar-refractivity contribution in [1.82, 2.24) is 19.9 Å². The van der Waals surface area contributed by atoms with Crippen LogP contribution in [0.4, 0.5) is 0 Å². The lowest BCUT2D eigenvalue weighted by molar-refractivity contribution is 0.0513. The van der Waals surface area contributed by atoms with E-state index in [0.29, 0.717) is 18.0 Å². The normalized spacial score (nSPS) is 10.4. The molecular formula is C11H11ClN4O2. The van der Waals surface area contributed by atoms with E-state index in [1.165, 1.54) is 0 Å². The van der Waals surface area contributed by atoms with Crippen LogP contribution in [0.5, 0.6) is 0 Å². The highest BCUT2D eigenvalue weighted by molar-refractivity contribution is 6.28. The molecule has 2 heterocycles. The summed E-state index contributed by atoms with van der Waals surface area (Å²) in [6.07, 6.45) is 3.18. The van der Waals surface area contributed by atoms with Crippen molar-refractivity contribution in [1.29, 1.82) is 0 Å². The average molecular weight is 267 g/mol. The molecule has 0 saturated carbocycles. The molecule has 18 heavy (non-hydrogen) atoms. The summed E-state index contributed by atoms with van der Waals surface area (Å²) in [6.45, 7) is 3.87. The van der Waals surface area contributed by atoms with Crippen molar-refractivity contribution >= 4 is 17.6 Å². The van der Waals surface area contributed by atoms with E-state index in [2.05, 4.69) is 19.9 Å². The van der Waals surface area contributed by atoms with Crippen LogP contribution in [0.25, 0.3) is 11.4 Å². The second kappa shape index (κ2) is 5.14. The maximum Gasteiger partial charge on any atom is 0.374 e. The molecule has 0 unspecified atom stereocenters. The second-order valence-corrected chi connectivity index (χ2v) is 3.86. The average Bonchev–Trinajstić information content (AvgIpc) is 2.82. The van der Waals surface area contributed by atoms with Crippen LogP contribution in [0.15, 0.2) is 12.4 Å². The number of halogens is 1. The van der Waals surface area contributed by atoms with Crippen LogP contribution >= 0.6 is 11.6 Å². The fourth-order valence-electron chi connectivity index (χ4n) is 1.43. The zero-order valence-electron chi connectivity index (χ0n) is 9.90. The molecule has 0 bridgehead atoms.